The zero-order chi connectivity index (χ0) is 17.4. The molecule has 24 heavy (non-hydrogen) atoms. The molecule has 0 saturated carbocycles. The Bertz CT molecular complexity index is 904. The highest BCUT2D eigenvalue weighted by Crippen LogP contribution is 2.26. The summed E-state index contributed by atoms with van der Waals surface area (Å²) in [6.07, 6.45) is 3.71. The molecule has 1 aromatic carbocycles. The molecule has 0 aliphatic carbocycles. The van der Waals surface area contributed by atoms with Crippen LogP contribution in [0.4, 0.5) is 0 Å². The van der Waals surface area contributed by atoms with Gasteiger partial charge in [-0.25, -0.2) is 4.98 Å². The summed E-state index contributed by atoms with van der Waals surface area (Å²) in [6.45, 7) is 9.57. The van der Waals surface area contributed by atoms with Crippen molar-refractivity contribution in [3.8, 4) is 0 Å². The lowest BCUT2D eigenvalue weighted by Crippen LogP contribution is -2.28. The molecule has 3 rings (SSSR count). The van der Waals surface area contributed by atoms with Crippen LogP contribution in [0.5, 0.6) is 0 Å². The first kappa shape index (κ1) is 16.3. The number of aromatic amines is 1. The number of carbonyl (C=O) groups is 1. The van der Waals surface area contributed by atoms with Gasteiger partial charge in [-0.1, -0.05) is 11.6 Å². The topological polar surface area (TPSA) is 53.9 Å². The molecule has 126 valence electrons. The van der Waals surface area contributed by atoms with Crippen molar-refractivity contribution in [1.82, 2.24) is 19.4 Å². The summed E-state index contributed by atoms with van der Waals surface area (Å²) in [4.78, 5) is 22.3. The van der Waals surface area contributed by atoms with Gasteiger partial charge in [-0.2, -0.15) is 0 Å². The summed E-state index contributed by atoms with van der Waals surface area (Å²) in [5, 5.41) is 1.12. The first-order valence-electron chi connectivity index (χ1n) is 8.27. The lowest BCUT2D eigenvalue weighted by molar-refractivity contribution is 0.0774. The van der Waals surface area contributed by atoms with Gasteiger partial charge in [0.1, 0.15) is 11.5 Å². The molecule has 1 amide bonds. The predicted octanol–water partition coefficient (Wildman–Crippen LogP) is 3.58. The van der Waals surface area contributed by atoms with E-state index in [-0.39, 0.29) is 5.91 Å². The van der Waals surface area contributed by atoms with Crippen LogP contribution in [-0.4, -0.2) is 32.4 Å². The molecule has 2 aromatic heterocycles. The van der Waals surface area contributed by atoms with Crippen LogP contribution in [0.2, 0.25) is 0 Å². The van der Waals surface area contributed by atoms with Crippen molar-refractivity contribution in [3.63, 3.8) is 0 Å². The minimum absolute atomic E-state index is 0.00796. The largest absolute Gasteiger partial charge is 0.350 e. The van der Waals surface area contributed by atoms with Crippen LogP contribution >= 0.6 is 0 Å². The molecule has 5 nitrogen and oxygen atoms in total. The van der Waals surface area contributed by atoms with Gasteiger partial charge in [-0.15, -0.1) is 0 Å². The molecule has 3 aromatic rings. The normalized spacial score (nSPS) is 11.2. The maximum absolute atomic E-state index is 12.9. The molecule has 1 N–H and O–H groups in total. The molecule has 0 aliphatic rings. The molecule has 0 aliphatic heterocycles. The maximum atomic E-state index is 12.9. The van der Waals surface area contributed by atoms with Crippen LogP contribution in [0.25, 0.3) is 10.9 Å². The van der Waals surface area contributed by atoms with Gasteiger partial charge >= 0.3 is 0 Å². The number of aromatic nitrogens is 3. The number of nitrogens with zero attached hydrogens (tertiary/aromatic N) is 3. The van der Waals surface area contributed by atoms with Gasteiger partial charge in [-0.3, -0.25) is 4.79 Å². The summed E-state index contributed by atoms with van der Waals surface area (Å²) < 4.78 is 2.05. The molecular weight excluding hydrogens is 300 g/mol. The Balaban J connectivity index is 1.93. The van der Waals surface area contributed by atoms with E-state index in [1.54, 1.807) is 11.1 Å². The van der Waals surface area contributed by atoms with Crippen LogP contribution < -0.4 is 0 Å². The lowest BCUT2D eigenvalue weighted by Gasteiger charge is -2.17. The quantitative estimate of drug-likeness (QED) is 0.797. The number of H-pyrrole nitrogens is 1. The van der Waals surface area contributed by atoms with E-state index in [2.05, 4.69) is 47.4 Å². The minimum atomic E-state index is -0.00796. The fourth-order valence-electron chi connectivity index (χ4n) is 3.25. The Kier molecular flexibility index (Phi) is 4.18. The van der Waals surface area contributed by atoms with E-state index >= 15 is 0 Å². The van der Waals surface area contributed by atoms with Crippen molar-refractivity contribution in [2.24, 2.45) is 0 Å². The van der Waals surface area contributed by atoms with Gasteiger partial charge in [0.2, 0.25) is 0 Å². The van der Waals surface area contributed by atoms with Crippen molar-refractivity contribution < 1.29 is 4.79 Å². The standard InChI is InChI=1S/C19H24N4O/c1-6-23-8-7-20-16(23)11-22(5)19(24)18-14(4)15-10-12(2)9-13(3)17(15)21-18/h7-10,21H,6,11H2,1-5H3. The molecule has 0 atom stereocenters. The monoisotopic (exact) mass is 324 g/mol. The number of aryl methyl sites for hydroxylation is 4. The second-order valence-corrected chi connectivity index (χ2v) is 6.42. The number of rotatable bonds is 4. The third-order valence-corrected chi connectivity index (χ3v) is 4.59. The van der Waals surface area contributed by atoms with Crippen molar-refractivity contribution in [2.45, 2.75) is 40.8 Å². The zero-order valence-corrected chi connectivity index (χ0v) is 15.0. The number of fused-ring (bicyclic) bond motifs is 1. The van der Waals surface area contributed by atoms with Gasteiger partial charge in [0.15, 0.2) is 0 Å². The fourth-order valence-corrected chi connectivity index (χ4v) is 3.25. The summed E-state index contributed by atoms with van der Waals surface area (Å²) in [6, 6.07) is 4.27. The smallest absolute Gasteiger partial charge is 0.270 e. The third-order valence-electron chi connectivity index (χ3n) is 4.59. The summed E-state index contributed by atoms with van der Waals surface area (Å²) in [5.41, 5.74) is 5.09. The Labute approximate surface area is 142 Å². The first-order chi connectivity index (χ1) is 11.4. The average molecular weight is 324 g/mol. The van der Waals surface area contributed by atoms with E-state index in [1.807, 2.05) is 20.2 Å². The fraction of sp³-hybridized carbons (Fsp3) is 0.368. The molecule has 0 spiro atoms. The van der Waals surface area contributed by atoms with Crippen molar-refractivity contribution in [1.29, 1.82) is 0 Å². The number of imidazole rings is 1. The Morgan fingerprint density at radius 1 is 1.29 bits per heavy atom. The molecule has 0 saturated heterocycles. The lowest BCUT2D eigenvalue weighted by atomic mass is 10.1. The molecule has 0 fully saturated rings. The van der Waals surface area contributed by atoms with E-state index in [1.165, 1.54) is 5.56 Å². The molecular formula is C19H24N4O. The van der Waals surface area contributed by atoms with E-state index < -0.39 is 0 Å². The summed E-state index contributed by atoms with van der Waals surface area (Å²) >= 11 is 0. The molecule has 0 bridgehead atoms. The predicted molar refractivity (Wildman–Crippen MR) is 96.2 cm³/mol. The van der Waals surface area contributed by atoms with E-state index in [9.17, 15) is 4.79 Å². The van der Waals surface area contributed by atoms with Crippen molar-refractivity contribution >= 4 is 16.8 Å². The molecule has 0 radical (unpaired) electrons. The Morgan fingerprint density at radius 2 is 2.04 bits per heavy atom. The third kappa shape index (κ3) is 2.70. The van der Waals surface area contributed by atoms with Gasteiger partial charge in [-0.05, 0) is 44.9 Å². The van der Waals surface area contributed by atoms with Gasteiger partial charge in [0, 0.05) is 36.9 Å². The van der Waals surface area contributed by atoms with E-state index in [0.29, 0.717) is 12.2 Å². The number of hydrogen-bond acceptors (Lipinski definition) is 2. The van der Waals surface area contributed by atoms with Crippen LogP contribution in [0.1, 0.15) is 39.9 Å². The number of benzene rings is 1. The molecule has 5 heteroatoms. The zero-order valence-electron chi connectivity index (χ0n) is 15.0. The van der Waals surface area contributed by atoms with E-state index in [0.717, 1.165) is 34.4 Å². The number of nitrogens with one attached hydrogen (secondary N) is 1. The first-order valence-corrected chi connectivity index (χ1v) is 8.27. The second kappa shape index (κ2) is 6.15. The maximum Gasteiger partial charge on any atom is 0.270 e. The molecule has 2 heterocycles. The Morgan fingerprint density at radius 3 is 2.75 bits per heavy atom. The van der Waals surface area contributed by atoms with Gasteiger partial charge < -0.3 is 14.5 Å². The summed E-state index contributed by atoms with van der Waals surface area (Å²) in [5.74, 6) is 0.889. The highest BCUT2D eigenvalue weighted by Gasteiger charge is 2.20. The Hall–Kier alpha value is -2.56. The SMILES string of the molecule is CCn1ccnc1CN(C)C(=O)c1[nH]c2c(C)cc(C)cc2c1C. The number of carbonyl (C=O) groups excluding carboxylic acids is 1. The van der Waals surface area contributed by atoms with Gasteiger partial charge in [0.05, 0.1) is 6.54 Å². The summed E-state index contributed by atoms with van der Waals surface area (Å²) in [7, 11) is 1.82. The van der Waals surface area contributed by atoms with Crippen LogP contribution in [-0.2, 0) is 13.1 Å². The van der Waals surface area contributed by atoms with E-state index in [4.69, 9.17) is 0 Å². The second-order valence-electron chi connectivity index (χ2n) is 6.42. The number of amides is 1. The van der Waals surface area contributed by atoms with Crippen LogP contribution in [0.15, 0.2) is 24.5 Å². The highest BCUT2D eigenvalue weighted by molar-refractivity contribution is 6.01. The van der Waals surface area contributed by atoms with Crippen LogP contribution in [0.3, 0.4) is 0 Å². The molecule has 0 unspecified atom stereocenters. The average Bonchev–Trinajstić information content (AvgIpc) is 3.12. The minimum Gasteiger partial charge on any atom is -0.350 e. The van der Waals surface area contributed by atoms with Gasteiger partial charge in [0.25, 0.3) is 5.91 Å². The van der Waals surface area contributed by atoms with Crippen LogP contribution in [0, 0.1) is 20.8 Å². The van der Waals surface area contributed by atoms with Crippen molar-refractivity contribution in [3.05, 3.63) is 52.7 Å². The number of hydrogen-bond donors (Lipinski definition) is 1. The highest BCUT2D eigenvalue weighted by atomic mass is 16.2. The van der Waals surface area contributed by atoms with Crippen molar-refractivity contribution in [2.75, 3.05) is 7.05 Å².